The summed E-state index contributed by atoms with van der Waals surface area (Å²) in [4.78, 5) is 14.0. The van der Waals surface area contributed by atoms with E-state index in [9.17, 15) is 4.79 Å². The van der Waals surface area contributed by atoms with Crippen LogP contribution < -0.4 is 0 Å². The van der Waals surface area contributed by atoms with Gasteiger partial charge in [0.05, 0.1) is 5.69 Å². The van der Waals surface area contributed by atoms with Gasteiger partial charge in [0.15, 0.2) is 0 Å². The Morgan fingerprint density at radius 3 is 2.32 bits per heavy atom. The Morgan fingerprint density at radius 2 is 1.50 bits per heavy atom. The number of aliphatic imine (C=N–C) groups is 1. The fourth-order valence-corrected chi connectivity index (χ4v) is 3.20. The van der Waals surface area contributed by atoms with Gasteiger partial charge in [-0.1, -0.05) is 54.6 Å². The van der Waals surface area contributed by atoms with E-state index in [1.807, 2.05) is 24.3 Å². The van der Waals surface area contributed by atoms with Crippen molar-refractivity contribution in [3.63, 3.8) is 0 Å². The SMILES string of the molecule is O=C=Nc1ccc(-c2cccc3c2Cc2ccccc2-3)cc1. The third-order valence-electron chi connectivity index (χ3n) is 4.20. The maximum atomic E-state index is 10.3. The second-order valence-electron chi connectivity index (χ2n) is 5.42. The summed E-state index contributed by atoms with van der Waals surface area (Å²) in [5.41, 5.74) is 8.44. The predicted molar refractivity (Wildman–Crippen MR) is 87.9 cm³/mol. The first-order valence-corrected chi connectivity index (χ1v) is 7.25. The molecule has 1 aliphatic carbocycles. The quantitative estimate of drug-likeness (QED) is 0.380. The predicted octanol–water partition coefficient (Wildman–Crippen LogP) is 4.89. The van der Waals surface area contributed by atoms with Crippen molar-refractivity contribution in [3.05, 3.63) is 77.9 Å². The van der Waals surface area contributed by atoms with Gasteiger partial charge in [-0.25, -0.2) is 4.79 Å². The van der Waals surface area contributed by atoms with Crippen LogP contribution in [0.3, 0.4) is 0 Å². The van der Waals surface area contributed by atoms with Crippen LogP contribution in [0.1, 0.15) is 11.1 Å². The van der Waals surface area contributed by atoms with Gasteiger partial charge in [0.2, 0.25) is 6.08 Å². The summed E-state index contributed by atoms with van der Waals surface area (Å²) in [5, 5.41) is 0. The molecule has 104 valence electrons. The monoisotopic (exact) mass is 283 g/mol. The number of hydrogen-bond acceptors (Lipinski definition) is 2. The zero-order chi connectivity index (χ0) is 14.9. The molecule has 0 heterocycles. The average Bonchev–Trinajstić information content (AvgIpc) is 2.95. The summed E-state index contributed by atoms with van der Waals surface area (Å²) >= 11 is 0. The van der Waals surface area contributed by atoms with Gasteiger partial charge >= 0.3 is 0 Å². The van der Waals surface area contributed by atoms with E-state index in [-0.39, 0.29) is 0 Å². The summed E-state index contributed by atoms with van der Waals surface area (Å²) in [5.74, 6) is 0. The molecule has 3 aromatic rings. The third kappa shape index (κ3) is 1.98. The van der Waals surface area contributed by atoms with E-state index in [1.165, 1.54) is 27.8 Å². The van der Waals surface area contributed by atoms with Crippen LogP contribution in [0.5, 0.6) is 0 Å². The number of hydrogen-bond donors (Lipinski definition) is 0. The normalized spacial score (nSPS) is 11.5. The Morgan fingerprint density at radius 1 is 0.773 bits per heavy atom. The number of benzene rings is 3. The van der Waals surface area contributed by atoms with Gasteiger partial charge in [-0.15, -0.1) is 0 Å². The van der Waals surface area contributed by atoms with E-state index < -0.39 is 0 Å². The van der Waals surface area contributed by atoms with Gasteiger partial charge in [-0.3, -0.25) is 0 Å². The van der Waals surface area contributed by atoms with Gasteiger partial charge < -0.3 is 0 Å². The van der Waals surface area contributed by atoms with E-state index >= 15 is 0 Å². The van der Waals surface area contributed by atoms with Gasteiger partial charge in [-0.05, 0) is 51.9 Å². The van der Waals surface area contributed by atoms with Gasteiger partial charge in [0.25, 0.3) is 0 Å². The summed E-state index contributed by atoms with van der Waals surface area (Å²) in [7, 11) is 0. The van der Waals surface area contributed by atoms with Crippen LogP contribution in [-0.2, 0) is 11.2 Å². The van der Waals surface area contributed by atoms with Crippen molar-refractivity contribution in [1.29, 1.82) is 0 Å². The Labute approximate surface area is 128 Å². The minimum absolute atomic E-state index is 0.634. The molecule has 0 radical (unpaired) electrons. The molecular weight excluding hydrogens is 270 g/mol. The highest BCUT2D eigenvalue weighted by Gasteiger charge is 2.20. The van der Waals surface area contributed by atoms with Crippen molar-refractivity contribution in [2.24, 2.45) is 4.99 Å². The van der Waals surface area contributed by atoms with Crippen molar-refractivity contribution in [2.75, 3.05) is 0 Å². The van der Waals surface area contributed by atoms with Crippen molar-refractivity contribution in [2.45, 2.75) is 6.42 Å². The Balaban J connectivity index is 1.83. The highest BCUT2D eigenvalue weighted by atomic mass is 16.1. The van der Waals surface area contributed by atoms with Crippen LogP contribution in [0.15, 0.2) is 71.7 Å². The minimum Gasteiger partial charge on any atom is -0.211 e. The summed E-state index contributed by atoms with van der Waals surface area (Å²) < 4.78 is 0. The second kappa shape index (κ2) is 5.10. The highest BCUT2D eigenvalue weighted by Crippen LogP contribution is 2.41. The van der Waals surface area contributed by atoms with Crippen LogP contribution in [0.25, 0.3) is 22.3 Å². The molecule has 0 saturated carbocycles. The molecule has 0 N–H and O–H groups in total. The summed E-state index contributed by atoms with van der Waals surface area (Å²) in [6, 6.07) is 22.7. The first-order valence-electron chi connectivity index (χ1n) is 7.25. The number of fused-ring (bicyclic) bond motifs is 3. The van der Waals surface area contributed by atoms with Crippen molar-refractivity contribution in [1.82, 2.24) is 0 Å². The fourth-order valence-electron chi connectivity index (χ4n) is 3.20. The molecule has 4 rings (SSSR count). The molecule has 22 heavy (non-hydrogen) atoms. The fraction of sp³-hybridized carbons (Fsp3) is 0.0500. The number of nitrogens with zero attached hydrogens (tertiary/aromatic N) is 1. The van der Waals surface area contributed by atoms with Gasteiger partial charge in [0.1, 0.15) is 0 Å². The zero-order valence-electron chi connectivity index (χ0n) is 11.9. The molecule has 2 heteroatoms. The van der Waals surface area contributed by atoms with Crippen LogP contribution in [0.4, 0.5) is 5.69 Å². The van der Waals surface area contributed by atoms with E-state index in [2.05, 4.69) is 47.5 Å². The lowest BCUT2D eigenvalue weighted by Gasteiger charge is -2.09. The van der Waals surface area contributed by atoms with Gasteiger partial charge in [-0.2, -0.15) is 4.99 Å². The zero-order valence-corrected chi connectivity index (χ0v) is 11.9. The molecule has 0 unspecified atom stereocenters. The summed E-state index contributed by atoms with van der Waals surface area (Å²) in [6.45, 7) is 0. The molecule has 1 aliphatic rings. The molecule has 0 bridgehead atoms. The standard InChI is InChI=1S/C20H13NO/c22-13-21-16-10-8-14(9-11-16)17-6-3-7-19-18-5-2-1-4-15(18)12-20(17)19/h1-11H,12H2. The molecule has 0 amide bonds. The molecule has 0 saturated heterocycles. The topological polar surface area (TPSA) is 29.4 Å². The van der Waals surface area contributed by atoms with Crippen LogP contribution in [-0.4, -0.2) is 6.08 Å². The summed E-state index contributed by atoms with van der Waals surface area (Å²) in [6.07, 6.45) is 2.54. The van der Waals surface area contributed by atoms with Crippen molar-refractivity contribution < 1.29 is 4.79 Å². The lowest BCUT2D eigenvalue weighted by molar-refractivity contribution is 0.565. The third-order valence-corrected chi connectivity index (χ3v) is 4.20. The second-order valence-corrected chi connectivity index (χ2v) is 5.42. The first-order chi connectivity index (χ1) is 10.9. The van der Waals surface area contributed by atoms with E-state index in [0.717, 1.165) is 12.0 Å². The molecular formula is C20H13NO. The molecule has 2 nitrogen and oxygen atoms in total. The molecule has 0 aromatic heterocycles. The van der Waals surface area contributed by atoms with Crippen molar-refractivity contribution in [3.8, 4) is 22.3 Å². The van der Waals surface area contributed by atoms with E-state index in [0.29, 0.717) is 5.69 Å². The van der Waals surface area contributed by atoms with E-state index in [1.54, 1.807) is 6.08 Å². The Kier molecular flexibility index (Phi) is 2.96. The first kappa shape index (κ1) is 12.8. The number of rotatable bonds is 2. The van der Waals surface area contributed by atoms with E-state index in [4.69, 9.17) is 0 Å². The van der Waals surface area contributed by atoms with Crippen molar-refractivity contribution >= 4 is 11.8 Å². The smallest absolute Gasteiger partial charge is 0.211 e. The average molecular weight is 283 g/mol. The lowest BCUT2D eigenvalue weighted by atomic mass is 9.96. The number of isocyanates is 1. The maximum Gasteiger partial charge on any atom is 0.240 e. The molecule has 3 aromatic carbocycles. The molecule has 0 spiro atoms. The highest BCUT2D eigenvalue weighted by molar-refractivity contribution is 5.84. The largest absolute Gasteiger partial charge is 0.240 e. The molecule has 0 fully saturated rings. The maximum absolute atomic E-state index is 10.3. The van der Waals surface area contributed by atoms with Crippen LogP contribution in [0.2, 0.25) is 0 Å². The van der Waals surface area contributed by atoms with Gasteiger partial charge in [0, 0.05) is 0 Å². The van der Waals surface area contributed by atoms with Crippen LogP contribution in [0, 0.1) is 0 Å². The molecule has 0 atom stereocenters. The molecule has 0 aliphatic heterocycles. The Hall–Kier alpha value is -2.96. The van der Waals surface area contributed by atoms with Crippen LogP contribution >= 0.6 is 0 Å². The lowest BCUT2D eigenvalue weighted by Crippen LogP contribution is -1.87. The minimum atomic E-state index is 0.634. The number of carbonyl (C=O) groups excluding carboxylic acids is 1. The Bertz CT molecular complexity index is 903.